The Morgan fingerprint density at radius 2 is 1.89 bits per heavy atom. The molecule has 0 radical (unpaired) electrons. The van der Waals surface area contributed by atoms with E-state index in [2.05, 4.69) is 41.5 Å². The molecule has 2 N–H and O–H groups in total. The van der Waals surface area contributed by atoms with Gasteiger partial charge in [0.1, 0.15) is 11.4 Å². The van der Waals surface area contributed by atoms with Crippen molar-refractivity contribution in [1.29, 1.82) is 0 Å². The normalized spacial score (nSPS) is 20.5. The molecule has 1 aliphatic heterocycles. The van der Waals surface area contributed by atoms with Crippen molar-refractivity contribution in [1.82, 2.24) is 20.1 Å². The van der Waals surface area contributed by atoms with Crippen LogP contribution >= 0.6 is 0 Å². The molecule has 2 aromatic rings. The molecule has 1 unspecified atom stereocenters. The van der Waals surface area contributed by atoms with Crippen molar-refractivity contribution < 1.29 is 18.7 Å². The number of Topliss-reactive ketones (excluding diaryl/α,β-unsaturated/α-hetero) is 1. The summed E-state index contributed by atoms with van der Waals surface area (Å²) in [5.74, 6) is -0.512. The third-order valence-electron chi connectivity index (χ3n) is 6.56. The lowest BCUT2D eigenvalue weighted by molar-refractivity contribution is -0.170. The summed E-state index contributed by atoms with van der Waals surface area (Å²) < 4.78 is 23.5. The standard InChI is InChI=1S/C28H42FN5O3/c1-10-21(35)19-14-22(32-23-13-18(3)34(33-23)26(4,5)6)31-20(24(19)29)16-28(11-12-30-17(2)15-28)25(36)37-27(7,8)9/h13-14,17,30H,10-12,15-16H2,1-9H3,(H,31,32,33)/t17-,28?/m1/s1. The van der Waals surface area contributed by atoms with Crippen LogP contribution in [0.25, 0.3) is 0 Å². The van der Waals surface area contributed by atoms with Crippen molar-refractivity contribution in [2.24, 2.45) is 5.41 Å². The molecule has 1 saturated heterocycles. The third kappa shape index (κ3) is 6.74. The first-order chi connectivity index (χ1) is 17.0. The monoisotopic (exact) mass is 515 g/mol. The second-order valence-electron chi connectivity index (χ2n) is 12.2. The van der Waals surface area contributed by atoms with E-state index in [4.69, 9.17) is 4.74 Å². The molecule has 0 aliphatic carbocycles. The van der Waals surface area contributed by atoms with Gasteiger partial charge in [0.05, 0.1) is 22.2 Å². The number of carbonyl (C=O) groups excluding carboxylic acids is 2. The minimum absolute atomic E-state index is 0.0364. The number of anilines is 2. The minimum Gasteiger partial charge on any atom is -0.460 e. The van der Waals surface area contributed by atoms with Gasteiger partial charge in [0.15, 0.2) is 17.4 Å². The topological polar surface area (TPSA) is 98.1 Å². The molecule has 2 aromatic heterocycles. The largest absolute Gasteiger partial charge is 0.460 e. The first kappa shape index (κ1) is 28.8. The fourth-order valence-corrected chi connectivity index (χ4v) is 4.95. The Bertz CT molecular complexity index is 1160. The van der Waals surface area contributed by atoms with Gasteiger partial charge in [-0.15, -0.1) is 0 Å². The van der Waals surface area contributed by atoms with Gasteiger partial charge in [0.2, 0.25) is 0 Å². The van der Waals surface area contributed by atoms with Crippen LogP contribution in [0, 0.1) is 18.2 Å². The average Bonchev–Trinajstić information content (AvgIpc) is 3.14. The number of aromatic nitrogens is 3. The Balaban J connectivity index is 2.06. The number of rotatable bonds is 7. The lowest BCUT2D eigenvalue weighted by Gasteiger charge is -2.40. The number of carbonyl (C=O) groups is 2. The molecule has 9 heteroatoms. The van der Waals surface area contributed by atoms with E-state index in [1.54, 1.807) is 6.92 Å². The number of piperidine rings is 1. The zero-order chi connectivity index (χ0) is 27.8. The Morgan fingerprint density at radius 3 is 2.43 bits per heavy atom. The molecule has 204 valence electrons. The van der Waals surface area contributed by atoms with Crippen LogP contribution in [-0.2, 0) is 21.5 Å². The fourth-order valence-electron chi connectivity index (χ4n) is 4.95. The lowest BCUT2D eigenvalue weighted by atomic mass is 9.72. The Hall–Kier alpha value is -2.81. The van der Waals surface area contributed by atoms with Gasteiger partial charge in [-0.05, 0) is 80.8 Å². The summed E-state index contributed by atoms with van der Waals surface area (Å²) in [6.45, 7) is 17.9. The summed E-state index contributed by atoms with van der Waals surface area (Å²) in [7, 11) is 0. The number of ketones is 1. The van der Waals surface area contributed by atoms with Crippen molar-refractivity contribution in [2.75, 3.05) is 11.9 Å². The molecule has 2 atom stereocenters. The summed E-state index contributed by atoms with van der Waals surface area (Å²) in [6.07, 6.45) is 1.15. The number of hydrogen-bond donors (Lipinski definition) is 2. The number of esters is 1. The number of aryl methyl sites for hydroxylation is 1. The molecular weight excluding hydrogens is 473 g/mol. The molecule has 8 nitrogen and oxygen atoms in total. The van der Waals surface area contributed by atoms with E-state index in [0.29, 0.717) is 31.0 Å². The van der Waals surface area contributed by atoms with E-state index in [1.807, 2.05) is 45.4 Å². The van der Waals surface area contributed by atoms with Crippen molar-refractivity contribution in [3.63, 3.8) is 0 Å². The van der Waals surface area contributed by atoms with Gasteiger partial charge in [-0.25, -0.2) is 9.37 Å². The zero-order valence-electron chi connectivity index (χ0n) is 23.7. The summed E-state index contributed by atoms with van der Waals surface area (Å²) >= 11 is 0. The van der Waals surface area contributed by atoms with E-state index in [1.165, 1.54) is 6.07 Å². The fraction of sp³-hybridized carbons (Fsp3) is 0.643. The van der Waals surface area contributed by atoms with Crippen LogP contribution < -0.4 is 10.6 Å². The first-order valence-electron chi connectivity index (χ1n) is 13.1. The molecule has 1 aliphatic rings. The molecule has 1 fully saturated rings. The summed E-state index contributed by atoms with van der Waals surface area (Å²) in [5, 5.41) is 11.2. The Labute approximate surface area is 219 Å². The minimum atomic E-state index is -0.957. The average molecular weight is 516 g/mol. The number of nitrogens with zero attached hydrogens (tertiary/aromatic N) is 3. The predicted octanol–water partition coefficient (Wildman–Crippen LogP) is 5.46. The first-order valence-corrected chi connectivity index (χ1v) is 13.1. The zero-order valence-corrected chi connectivity index (χ0v) is 23.7. The van der Waals surface area contributed by atoms with E-state index < -0.39 is 16.8 Å². The van der Waals surface area contributed by atoms with Crippen molar-refractivity contribution >= 4 is 23.4 Å². The van der Waals surface area contributed by atoms with Crippen molar-refractivity contribution in [2.45, 2.75) is 105 Å². The van der Waals surface area contributed by atoms with E-state index in [9.17, 15) is 9.59 Å². The smallest absolute Gasteiger partial charge is 0.313 e. The molecule has 0 saturated carbocycles. The summed E-state index contributed by atoms with van der Waals surface area (Å²) in [4.78, 5) is 30.8. The highest BCUT2D eigenvalue weighted by Gasteiger charge is 2.45. The molecule has 0 spiro atoms. The van der Waals surface area contributed by atoms with Crippen LogP contribution in [0.15, 0.2) is 12.1 Å². The molecule has 0 aromatic carbocycles. The lowest BCUT2D eigenvalue weighted by Crippen LogP contribution is -2.50. The number of pyridine rings is 1. The van der Waals surface area contributed by atoms with Gasteiger partial charge in [0.25, 0.3) is 0 Å². The highest BCUT2D eigenvalue weighted by Crippen LogP contribution is 2.39. The highest BCUT2D eigenvalue weighted by molar-refractivity contribution is 5.97. The van der Waals surface area contributed by atoms with Gasteiger partial charge >= 0.3 is 5.97 Å². The molecule has 0 amide bonds. The molecular formula is C28H42FN5O3. The van der Waals surface area contributed by atoms with Crippen LogP contribution in [0.1, 0.15) is 96.4 Å². The SMILES string of the molecule is CCC(=O)c1cc(Nc2cc(C)n(C(C)(C)C)n2)nc(CC2(C(=O)OC(C)(C)C)CCN[C@H](C)C2)c1F. The highest BCUT2D eigenvalue weighted by atomic mass is 19.1. The van der Waals surface area contributed by atoms with Gasteiger partial charge in [-0.2, -0.15) is 5.10 Å². The van der Waals surface area contributed by atoms with Crippen LogP contribution in [0.3, 0.4) is 0 Å². The predicted molar refractivity (Wildman–Crippen MR) is 143 cm³/mol. The molecule has 0 bridgehead atoms. The van der Waals surface area contributed by atoms with Crippen LogP contribution in [0.5, 0.6) is 0 Å². The van der Waals surface area contributed by atoms with E-state index >= 15 is 4.39 Å². The van der Waals surface area contributed by atoms with Crippen LogP contribution in [0.2, 0.25) is 0 Å². The van der Waals surface area contributed by atoms with Crippen molar-refractivity contribution in [3.8, 4) is 0 Å². The number of nitrogens with one attached hydrogen (secondary N) is 2. The molecule has 3 rings (SSSR count). The van der Waals surface area contributed by atoms with E-state index in [-0.39, 0.29) is 47.4 Å². The second-order valence-corrected chi connectivity index (χ2v) is 12.2. The van der Waals surface area contributed by atoms with Gasteiger partial charge < -0.3 is 15.4 Å². The molecule has 37 heavy (non-hydrogen) atoms. The maximum Gasteiger partial charge on any atom is 0.313 e. The molecule has 3 heterocycles. The second kappa shape index (κ2) is 10.5. The Kier molecular flexibility index (Phi) is 8.17. The third-order valence-corrected chi connectivity index (χ3v) is 6.56. The maximum absolute atomic E-state index is 15.8. The van der Waals surface area contributed by atoms with E-state index in [0.717, 1.165) is 5.69 Å². The number of hydrogen-bond acceptors (Lipinski definition) is 7. The number of ether oxygens (including phenoxy) is 1. The maximum atomic E-state index is 15.8. The van der Waals surface area contributed by atoms with Gasteiger partial charge in [-0.1, -0.05) is 6.92 Å². The van der Waals surface area contributed by atoms with Gasteiger partial charge in [0, 0.05) is 30.6 Å². The quantitative estimate of drug-likeness (QED) is 0.373. The Morgan fingerprint density at radius 1 is 1.22 bits per heavy atom. The summed E-state index contributed by atoms with van der Waals surface area (Å²) in [5.41, 5.74) is -0.866. The summed E-state index contributed by atoms with van der Waals surface area (Å²) in [6, 6.07) is 3.36. The van der Waals surface area contributed by atoms with Crippen LogP contribution in [-0.4, -0.2) is 44.7 Å². The number of halogens is 1. The van der Waals surface area contributed by atoms with Crippen molar-refractivity contribution in [3.05, 3.63) is 34.9 Å². The van der Waals surface area contributed by atoms with Crippen LogP contribution in [0.4, 0.5) is 16.0 Å². The van der Waals surface area contributed by atoms with Gasteiger partial charge in [-0.3, -0.25) is 14.3 Å².